The molecule has 1 aliphatic carbocycles. The SMILES string of the molecule is O=C(NCCCc1ccccc1)NC1CCC(Oc2ncccn2)CC1. The second-order valence-electron chi connectivity index (χ2n) is 6.61. The van der Waals surface area contributed by atoms with Crippen LogP contribution in [0.4, 0.5) is 4.79 Å². The third kappa shape index (κ3) is 6.02. The van der Waals surface area contributed by atoms with E-state index in [1.165, 1.54) is 5.56 Å². The zero-order valence-corrected chi connectivity index (χ0v) is 14.9. The van der Waals surface area contributed by atoms with Crippen LogP contribution in [0.1, 0.15) is 37.7 Å². The summed E-state index contributed by atoms with van der Waals surface area (Å²) in [5.74, 6) is 0. The fraction of sp³-hybridized carbons (Fsp3) is 0.450. The molecule has 0 aliphatic heterocycles. The van der Waals surface area contributed by atoms with Crippen molar-refractivity contribution in [3.8, 4) is 6.01 Å². The monoisotopic (exact) mass is 354 g/mol. The molecule has 0 saturated heterocycles. The van der Waals surface area contributed by atoms with E-state index in [1.807, 2.05) is 18.2 Å². The molecule has 0 bridgehead atoms. The molecular weight excluding hydrogens is 328 g/mol. The first-order chi connectivity index (χ1) is 12.8. The Morgan fingerprint density at radius 1 is 1.04 bits per heavy atom. The summed E-state index contributed by atoms with van der Waals surface area (Å²) in [6.45, 7) is 0.685. The fourth-order valence-corrected chi connectivity index (χ4v) is 3.20. The molecular formula is C20H26N4O2. The number of hydrogen-bond acceptors (Lipinski definition) is 4. The minimum atomic E-state index is -0.0752. The molecule has 6 nitrogen and oxygen atoms in total. The third-order valence-corrected chi connectivity index (χ3v) is 4.59. The molecule has 1 aliphatic rings. The molecule has 3 rings (SSSR count). The average Bonchev–Trinajstić information content (AvgIpc) is 2.68. The van der Waals surface area contributed by atoms with Gasteiger partial charge in [-0.25, -0.2) is 14.8 Å². The van der Waals surface area contributed by atoms with Crippen LogP contribution in [0.3, 0.4) is 0 Å². The molecule has 0 atom stereocenters. The van der Waals surface area contributed by atoms with E-state index in [0.29, 0.717) is 12.6 Å². The Morgan fingerprint density at radius 2 is 1.77 bits per heavy atom. The molecule has 0 radical (unpaired) electrons. The minimum Gasteiger partial charge on any atom is -0.460 e. The van der Waals surface area contributed by atoms with Crippen molar-refractivity contribution in [1.82, 2.24) is 20.6 Å². The molecule has 6 heteroatoms. The Balaban J connectivity index is 1.28. The number of nitrogens with zero attached hydrogens (tertiary/aromatic N) is 2. The number of ether oxygens (including phenoxy) is 1. The van der Waals surface area contributed by atoms with Crippen LogP contribution in [0.2, 0.25) is 0 Å². The molecule has 0 spiro atoms. The van der Waals surface area contributed by atoms with Crippen molar-refractivity contribution in [3.05, 3.63) is 54.4 Å². The maximum Gasteiger partial charge on any atom is 0.316 e. The van der Waals surface area contributed by atoms with Crippen molar-refractivity contribution in [3.63, 3.8) is 0 Å². The van der Waals surface area contributed by atoms with Gasteiger partial charge >= 0.3 is 12.0 Å². The lowest BCUT2D eigenvalue weighted by molar-refractivity contribution is 0.129. The minimum absolute atomic E-state index is 0.0752. The number of carbonyl (C=O) groups is 1. The van der Waals surface area contributed by atoms with E-state index in [-0.39, 0.29) is 18.2 Å². The van der Waals surface area contributed by atoms with Gasteiger partial charge in [0.25, 0.3) is 0 Å². The molecule has 1 saturated carbocycles. The van der Waals surface area contributed by atoms with Gasteiger partial charge in [0.15, 0.2) is 0 Å². The maximum atomic E-state index is 12.0. The molecule has 1 aromatic carbocycles. The van der Waals surface area contributed by atoms with Gasteiger partial charge in [-0.05, 0) is 50.2 Å². The number of carbonyl (C=O) groups excluding carboxylic acids is 1. The average molecular weight is 354 g/mol. The number of aryl methyl sites for hydroxylation is 1. The van der Waals surface area contributed by atoms with E-state index in [9.17, 15) is 4.79 Å². The Kier molecular flexibility index (Phi) is 6.81. The van der Waals surface area contributed by atoms with Crippen LogP contribution in [0, 0.1) is 0 Å². The summed E-state index contributed by atoms with van der Waals surface area (Å²) in [4.78, 5) is 20.2. The lowest BCUT2D eigenvalue weighted by atomic mass is 9.93. The first-order valence-electron chi connectivity index (χ1n) is 9.31. The van der Waals surface area contributed by atoms with Gasteiger partial charge in [-0.15, -0.1) is 0 Å². The zero-order chi connectivity index (χ0) is 18.0. The predicted octanol–water partition coefficient (Wildman–Crippen LogP) is 3.10. The highest BCUT2D eigenvalue weighted by molar-refractivity contribution is 5.74. The van der Waals surface area contributed by atoms with Crippen molar-refractivity contribution in [2.45, 2.75) is 50.7 Å². The molecule has 2 aromatic rings. The second kappa shape index (κ2) is 9.75. The number of nitrogens with one attached hydrogen (secondary N) is 2. The highest BCUT2D eigenvalue weighted by Crippen LogP contribution is 2.21. The highest BCUT2D eigenvalue weighted by atomic mass is 16.5. The summed E-state index contributed by atoms with van der Waals surface area (Å²) in [6, 6.07) is 12.7. The number of aromatic nitrogens is 2. The quantitative estimate of drug-likeness (QED) is 0.749. The lowest BCUT2D eigenvalue weighted by Crippen LogP contribution is -2.45. The maximum absolute atomic E-state index is 12.0. The Bertz CT molecular complexity index is 658. The van der Waals surface area contributed by atoms with Crippen molar-refractivity contribution in [2.75, 3.05) is 6.54 Å². The topological polar surface area (TPSA) is 76.1 Å². The van der Waals surface area contributed by atoms with E-state index >= 15 is 0 Å². The van der Waals surface area contributed by atoms with Gasteiger partial charge in [-0.3, -0.25) is 0 Å². The van der Waals surface area contributed by atoms with E-state index in [4.69, 9.17) is 4.74 Å². The number of benzene rings is 1. The molecule has 2 N–H and O–H groups in total. The van der Waals surface area contributed by atoms with Crippen LogP contribution < -0.4 is 15.4 Å². The first-order valence-corrected chi connectivity index (χ1v) is 9.31. The van der Waals surface area contributed by atoms with Gasteiger partial charge in [-0.2, -0.15) is 0 Å². The van der Waals surface area contributed by atoms with Gasteiger partial charge in [0, 0.05) is 25.0 Å². The van der Waals surface area contributed by atoms with Gasteiger partial charge < -0.3 is 15.4 Å². The van der Waals surface area contributed by atoms with Crippen LogP contribution in [-0.2, 0) is 6.42 Å². The lowest BCUT2D eigenvalue weighted by Gasteiger charge is -2.28. The van der Waals surface area contributed by atoms with Crippen LogP contribution >= 0.6 is 0 Å². The predicted molar refractivity (Wildman–Crippen MR) is 100 cm³/mol. The van der Waals surface area contributed by atoms with Gasteiger partial charge in [0.05, 0.1) is 0 Å². The van der Waals surface area contributed by atoms with Crippen LogP contribution in [0.25, 0.3) is 0 Å². The molecule has 2 amide bonds. The van der Waals surface area contributed by atoms with E-state index < -0.39 is 0 Å². The summed E-state index contributed by atoms with van der Waals surface area (Å²) in [6.07, 6.45) is 9.03. The fourth-order valence-electron chi connectivity index (χ4n) is 3.20. The number of rotatable bonds is 7. The summed E-state index contributed by atoms with van der Waals surface area (Å²) >= 11 is 0. The molecule has 0 unspecified atom stereocenters. The molecule has 138 valence electrons. The Morgan fingerprint density at radius 3 is 2.50 bits per heavy atom. The first kappa shape index (κ1) is 18.2. The number of urea groups is 1. The molecule has 1 heterocycles. The van der Waals surface area contributed by atoms with E-state index in [2.05, 4.69) is 32.7 Å². The van der Waals surface area contributed by atoms with E-state index in [0.717, 1.165) is 38.5 Å². The van der Waals surface area contributed by atoms with Crippen LogP contribution in [0.15, 0.2) is 48.8 Å². The van der Waals surface area contributed by atoms with Crippen molar-refractivity contribution in [1.29, 1.82) is 0 Å². The standard InChI is InChI=1S/C20H26N4O2/c25-19(21-13-4-8-16-6-2-1-3-7-16)24-17-9-11-18(12-10-17)26-20-22-14-5-15-23-20/h1-3,5-7,14-15,17-18H,4,8-13H2,(H2,21,24,25). The van der Waals surface area contributed by atoms with Crippen molar-refractivity contribution in [2.24, 2.45) is 0 Å². The zero-order valence-electron chi connectivity index (χ0n) is 14.9. The summed E-state index contributed by atoms with van der Waals surface area (Å²) < 4.78 is 5.78. The third-order valence-electron chi connectivity index (χ3n) is 4.59. The van der Waals surface area contributed by atoms with Crippen LogP contribution in [0.5, 0.6) is 6.01 Å². The normalized spacial score (nSPS) is 19.5. The summed E-state index contributed by atoms with van der Waals surface area (Å²) in [5, 5.41) is 6.02. The Labute approximate surface area is 154 Å². The van der Waals surface area contributed by atoms with Crippen molar-refractivity contribution >= 4 is 6.03 Å². The summed E-state index contributed by atoms with van der Waals surface area (Å²) in [5.41, 5.74) is 1.30. The highest BCUT2D eigenvalue weighted by Gasteiger charge is 2.24. The summed E-state index contributed by atoms with van der Waals surface area (Å²) in [7, 11) is 0. The van der Waals surface area contributed by atoms with Gasteiger partial charge in [0.1, 0.15) is 6.10 Å². The van der Waals surface area contributed by atoms with Crippen LogP contribution in [-0.4, -0.2) is 34.7 Å². The molecule has 1 fully saturated rings. The number of amides is 2. The van der Waals surface area contributed by atoms with Gasteiger partial charge in [0.2, 0.25) is 0 Å². The largest absolute Gasteiger partial charge is 0.460 e. The smallest absolute Gasteiger partial charge is 0.316 e. The van der Waals surface area contributed by atoms with E-state index in [1.54, 1.807) is 18.5 Å². The van der Waals surface area contributed by atoms with Gasteiger partial charge in [-0.1, -0.05) is 30.3 Å². The van der Waals surface area contributed by atoms with Crippen molar-refractivity contribution < 1.29 is 9.53 Å². The molecule has 1 aromatic heterocycles. The number of hydrogen-bond donors (Lipinski definition) is 2. The Hall–Kier alpha value is -2.63. The molecule has 26 heavy (non-hydrogen) atoms. The second-order valence-corrected chi connectivity index (χ2v) is 6.61.